The molecule has 1 aliphatic heterocycles. The van der Waals surface area contributed by atoms with Crippen molar-refractivity contribution in [1.29, 1.82) is 5.26 Å². The van der Waals surface area contributed by atoms with E-state index in [2.05, 4.69) is 57.0 Å². The average Bonchev–Trinajstić information content (AvgIpc) is 3.31. The van der Waals surface area contributed by atoms with E-state index in [1.807, 2.05) is 36.8 Å². The lowest BCUT2D eigenvalue weighted by atomic mass is 9.95. The van der Waals surface area contributed by atoms with Crippen LogP contribution in [-0.4, -0.2) is 35.1 Å². The number of imidazole rings is 1. The number of piperidine rings is 1. The van der Waals surface area contributed by atoms with E-state index in [0.29, 0.717) is 18.7 Å². The summed E-state index contributed by atoms with van der Waals surface area (Å²) < 4.78 is 2.09. The molecule has 1 aliphatic rings. The molecule has 4 rings (SSSR count). The lowest BCUT2D eigenvalue weighted by Crippen LogP contribution is -2.43. The van der Waals surface area contributed by atoms with Crippen molar-refractivity contribution < 1.29 is 4.79 Å². The van der Waals surface area contributed by atoms with Gasteiger partial charge >= 0.3 is 0 Å². The molecule has 0 spiro atoms. The Kier molecular flexibility index (Phi) is 7.41. The van der Waals surface area contributed by atoms with Crippen molar-refractivity contribution in [3.63, 3.8) is 0 Å². The van der Waals surface area contributed by atoms with E-state index in [4.69, 9.17) is 5.26 Å². The number of anilines is 1. The van der Waals surface area contributed by atoms with E-state index < -0.39 is 0 Å². The number of aromatic nitrogens is 2. The summed E-state index contributed by atoms with van der Waals surface area (Å²) in [5, 5.41) is 12.1. The zero-order chi connectivity index (χ0) is 23.0. The van der Waals surface area contributed by atoms with Gasteiger partial charge in [0.1, 0.15) is 0 Å². The Bertz CT molecular complexity index is 1110. The predicted molar refractivity (Wildman–Crippen MR) is 130 cm³/mol. The van der Waals surface area contributed by atoms with Crippen LogP contribution in [0.1, 0.15) is 42.1 Å². The van der Waals surface area contributed by atoms with Gasteiger partial charge in [-0.15, -0.1) is 0 Å². The molecule has 6 nitrogen and oxygen atoms in total. The molecule has 0 saturated carbocycles. The zero-order valence-electron chi connectivity index (χ0n) is 19.2. The number of para-hydroxylation sites is 1. The van der Waals surface area contributed by atoms with Crippen molar-refractivity contribution in [2.45, 2.75) is 39.2 Å². The fraction of sp³-hybridized carbons (Fsp3) is 0.370. The van der Waals surface area contributed by atoms with Crippen molar-refractivity contribution in [2.24, 2.45) is 5.92 Å². The molecule has 1 saturated heterocycles. The normalized spacial score (nSPS) is 15.8. The van der Waals surface area contributed by atoms with Crippen LogP contribution in [0.25, 0.3) is 0 Å². The fourth-order valence-corrected chi connectivity index (χ4v) is 4.57. The Morgan fingerprint density at radius 1 is 1.21 bits per heavy atom. The highest BCUT2D eigenvalue weighted by Crippen LogP contribution is 2.27. The second kappa shape index (κ2) is 10.8. The second-order valence-electron chi connectivity index (χ2n) is 8.63. The van der Waals surface area contributed by atoms with Crippen LogP contribution in [0.5, 0.6) is 0 Å². The van der Waals surface area contributed by atoms with Gasteiger partial charge in [-0.25, -0.2) is 4.98 Å². The summed E-state index contributed by atoms with van der Waals surface area (Å²) in [5.74, 6) is 0.166. The van der Waals surface area contributed by atoms with Crippen LogP contribution in [0.2, 0.25) is 0 Å². The number of amides is 1. The smallest absolute Gasteiger partial charge is 0.224 e. The van der Waals surface area contributed by atoms with Crippen molar-refractivity contribution in [3.05, 3.63) is 83.4 Å². The van der Waals surface area contributed by atoms with Crippen LogP contribution in [0.3, 0.4) is 0 Å². The van der Waals surface area contributed by atoms with Gasteiger partial charge in [0.2, 0.25) is 5.91 Å². The first kappa shape index (κ1) is 22.6. The molecule has 1 fully saturated rings. The number of nitriles is 1. The van der Waals surface area contributed by atoms with Crippen LogP contribution < -0.4 is 10.2 Å². The first-order valence-corrected chi connectivity index (χ1v) is 11.8. The topological polar surface area (TPSA) is 74.0 Å². The summed E-state index contributed by atoms with van der Waals surface area (Å²) in [4.78, 5) is 19.6. The molecule has 0 bridgehead atoms. The number of carbonyl (C=O) groups is 1. The maximum Gasteiger partial charge on any atom is 0.224 e. The maximum atomic E-state index is 12.9. The van der Waals surface area contributed by atoms with E-state index in [1.165, 1.54) is 11.3 Å². The van der Waals surface area contributed by atoms with Crippen molar-refractivity contribution in [2.75, 3.05) is 24.5 Å². The Morgan fingerprint density at radius 2 is 2.03 bits per heavy atom. The van der Waals surface area contributed by atoms with Gasteiger partial charge in [0, 0.05) is 50.2 Å². The quantitative estimate of drug-likeness (QED) is 0.575. The lowest BCUT2D eigenvalue weighted by Gasteiger charge is -2.35. The largest absolute Gasteiger partial charge is 0.371 e. The minimum atomic E-state index is 0.0206. The molecule has 1 aromatic heterocycles. The molecular weight excluding hydrogens is 410 g/mol. The van der Waals surface area contributed by atoms with Gasteiger partial charge in [-0.1, -0.05) is 37.3 Å². The molecule has 3 aromatic rings. The Hall–Kier alpha value is -3.59. The van der Waals surface area contributed by atoms with Crippen molar-refractivity contribution in [1.82, 2.24) is 14.9 Å². The molecule has 170 valence electrons. The number of hydrogen-bond donors (Lipinski definition) is 1. The SMILES string of the molecule is CCc1ccccc1N1CCC[C@H](C(=O)NCCc2cncn2Cc2ccc(C#N)cc2)C1. The minimum absolute atomic E-state index is 0.0206. The van der Waals surface area contributed by atoms with E-state index in [1.54, 1.807) is 0 Å². The van der Waals surface area contributed by atoms with Crippen molar-refractivity contribution >= 4 is 11.6 Å². The van der Waals surface area contributed by atoms with E-state index in [0.717, 1.165) is 50.0 Å². The maximum absolute atomic E-state index is 12.9. The number of carbonyl (C=O) groups excluding carboxylic acids is 1. The predicted octanol–water partition coefficient (Wildman–Crippen LogP) is 3.94. The van der Waals surface area contributed by atoms with E-state index >= 15 is 0 Å². The lowest BCUT2D eigenvalue weighted by molar-refractivity contribution is -0.125. The van der Waals surface area contributed by atoms with Crippen LogP contribution >= 0.6 is 0 Å². The summed E-state index contributed by atoms with van der Waals surface area (Å²) in [7, 11) is 0. The minimum Gasteiger partial charge on any atom is -0.371 e. The molecule has 1 N–H and O–H groups in total. The van der Waals surface area contributed by atoms with Gasteiger partial charge in [0.15, 0.2) is 0 Å². The van der Waals surface area contributed by atoms with Gasteiger partial charge in [0.05, 0.1) is 23.9 Å². The number of aryl methyl sites for hydroxylation is 1. The Morgan fingerprint density at radius 3 is 2.82 bits per heavy atom. The van der Waals surface area contributed by atoms with Gasteiger partial charge in [-0.2, -0.15) is 5.26 Å². The second-order valence-corrected chi connectivity index (χ2v) is 8.63. The van der Waals surface area contributed by atoms with Crippen molar-refractivity contribution in [3.8, 4) is 6.07 Å². The monoisotopic (exact) mass is 441 g/mol. The summed E-state index contributed by atoms with van der Waals surface area (Å²) >= 11 is 0. The highest BCUT2D eigenvalue weighted by atomic mass is 16.1. The molecule has 2 heterocycles. The van der Waals surface area contributed by atoms with E-state index in [-0.39, 0.29) is 11.8 Å². The van der Waals surface area contributed by atoms with Crippen LogP contribution in [0, 0.1) is 17.2 Å². The Labute approximate surface area is 195 Å². The first-order valence-electron chi connectivity index (χ1n) is 11.8. The molecule has 6 heteroatoms. The third-order valence-electron chi connectivity index (χ3n) is 6.42. The molecule has 2 aromatic carbocycles. The standard InChI is InChI=1S/C27H31N5O/c1-2-23-6-3-4-8-26(23)31-15-5-7-24(19-31)27(33)30-14-13-25-17-29-20-32(25)18-22-11-9-21(16-28)10-12-22/h3-4,6,8-12,17,20,24H,2,5,7,13-15,18-19H2,1H3,(H,30,33)/t24-/m0/s1. The van der Waals surface area contributed by atoms with E-state index in [9.17, 15) is 4.79 Å². The van der Waals surface area contributed by atoms with Gasteiger partial charge in [0.25, 0.3) is 0 Å². The van der Waals surface area contributed by atoms with Crippen LogP contribution in [-0.2, 0) is 24.2 Å². The molecule has 0 aliphatic carbocycles. The van der Waals surface area contributed by atoms with Crippen LogP contribution in [0.15, 0.2) is 61.1 Å². The fourth-order valence-electron chi connectivity index (χ4n) is 4.57. The van der Waals surface area contributed by atoms with Gasteiger partial charge < -0.3 is 14.8 Å². The summed E-state index contributed by atoms with van der Waals surface area (Å²) in [6.45, 7) is 5.26. The third kappa shape index (κ3) is 5.61. The molecule has 0 unspecified atom stereocenters. The summed E-state index contributed by atoms with van der Waals surface area (Å²) in [6, 6.07) is 18.3. The third-order valence-corrected chi connectivity index (χ3v) is 6.42. The van der Waals surface area contributed by atoms with Crippen LogP contribution in [0.4, 0.5) is 5.69 Å². The average molecular weight is 442 g/mol. The summed E-state index contributed by atoms with van der Waals surface area (Å²) in [6.07, 6.45) is 7.39. The zero-order valence-corrected chi connectivity index (χ0v) is 19.2. The van der Waals surface area contributed by atoms with Gasteiger partial charge in [-0.05, 0) is 48.6 Å². The van der Waals surface area contributed by atoms with Gasteiger partial charge in [-0.3, -0.25) is 4.79 Å². The Balaban J connectivity index is 1.30. The number of benzene rings is 2. The number of nitrogens with zero attached hydrogens (tertiary/aromatic N) is 4. The molecule has 33 heavy (non-hydrogen) atoms. The highest BCUT2D eigenvalue weighted by molar-refractivity contribution is 5.79. The molecule has 1 amide bonds. The summed E-state index contributed by atoms with van der Waals surface area (Å²) in [5.41, 5.74) is 5.47. The number of hydrogen-bond acceptors (Lipinski definition) is 4. The molecule has 1 atom stereocenters. The molecular formula is C27H31N5O. The highest BCUT2D eigenvalue weighted by Gasteiger charge is 2.26. The molecule has 0 radical (unpaired) electrons. The first-order chi connectivity index (χ1) is 16.2. The number of rotatable bonds is 8. The number of nitrogens with one attached hydrogen (secondary N) is 1.